The van der Waals surface area contributed by atoms with Gasteiger partial charge in [-0.05, 0) is 43.3 Å². The highest BCUT2D eigenvalue weighted by Gasteiger charge is 2.29. The fourth-order valence-electron chi connectivity index (χ4n) is 4.91. The zero-order valence-electron chi connectivity index (χ0n) is 22.4. The topological polar surface area (TPSA) is 126 Å². The van der Waals surface area contributed by atoms with Gasteiger partial charge in [-0.2, -0.15) is 9.40 Å². The summed E-state index contributed by atoms with van der Waals surface area (Å²) < 4.78 is 35.7. The summed E-state index contributed by atoms with van der Waals surface area (Å²) >= 11 is 0. The second kappa shape index (κ2) is 11.2. The largest absolute Gasteiger partial charge is 0.496 e. The van der Waals surface area contributed by atoms with Crippen LogP contribution in [0.25, 0.3) is 22.4 Å². The van der Waals surface area contributed by atoms with E-state index in [9.17, 15) is 13.2 Å². The molecule has 11 nitrogen and oxygen atoms in total. The second-order valence-corrected chi connectivity index (χ2v) is 11.4. The molecule has 4 aromatic rings. The predicted octanol–water partition coefficient (Wildman–Crippen LogP) is 2.52. The zero-order chi connectivity index (χ0) is 27.6. The van der Waals surface area contributed by atoms with Gasteiger partial charge in [0.05, 0.1) is 35.5 Å². The molecule has 0 amide bonds. The molecule has 4 heterocycles. The normalized spacial score (nSPS) is 15.2. The van der Waals surface area contributed by atoms with Crippen LogP contribution in [0.4, 0.5) is 0 Å². The molecule has 1 aromatic carbocycles. The lowest BCUT2D eigenvalue weighted by Crippen LogP contribution is -2.48. The molecule has 12 heteroatoms. The van der Waals surface area contributed by atoms with Gasteiger partial charge in [-0.1, -0.05) is 26.3 Å². The Morgan fingerprint density at radius 1 is 1.08 bits per heavy atom. The molecule has 206 valence electrons. The fourth-order valence-corrected chi connectivity index (χ4v) is 6.36. The van der Waals surface area contributed by atoms with Crippen molar-refractivity contribution in [2.75, 3.05) is 39.8 Å². The molecular formula is C27H33N7O4S. The van der Waals surface area contributed by atoms with Gasteiger partial charge in [0.15, 0.2) is 5.52 Å². The van der Waals surface area contributed by atoms with E-state index in [1.807, 2.05) is 25.1 Å². The number of hydrogen-bond acceptors (Lipinski definition) is 8. The molecule has 3 aromatic heterocycles. The Kier molecular flexibility index (Phi) is 7.78. The van der Waals surface area contributed by atoms with Crippen molar-refractivity contribution in [2.45, 2.75) is 38.1 Å². The first kappa shape index (κ1) is 27.0. The molecule has 1 N–H and O–H groups in total. The summed E-state index contributed by atoms with van der Waals surface area (Å²) in [5.74, 6) is 0.636. The van der Waals surface area contributed by atoms with Gasteiger partial charge in [-0.15, -0.1) is 0 Å². The smallest absolute Gasteiger partial charge is 0.277 e. The number of H-pyrrole nitrogens is 1. The van der Waals surface area contributed by atoms with Gasteiger partial charge in [0, 0.05) is 32.4 Å². The van der Waals surface area contributed by atoms with E-state index in [1.54, 1.807) is 16.9 Å². The number of benzene rings is 1. The number of aryl methyl sites for hydroxylation is 1. The molecule has 0 saturated carbocycles. The molecule has 0 atom stereocenters. The average molecular weight is 552 g/mol. The minimum absolute atomic E-state index is 0.130. The summed E-state index contributed by atoms with van der Waals surface area (Å²) in [5.41, 5.74) is 2.33. The Balaban J connectivity index is 1.58. The molecular weight excluding hydrogens is 518 g/mol. The summed E-state index contributed by atoms with van der Waals surface area (Å²) in [4.78, 5) is 27.8. The van der Waals surface area contributed by atoms with Crippen LogP contribution in [-0.4, -0.2) is 82.2 Å². The number of sulfonamides is 1. The van der Waals surface area contributed by atoms with Gasteiger partial charge in [-0.25, -0.2) is 13.4 Å². The van der Waals surface area contributed by atoms with Gasteiger partial charge in [0.25, 0.3) is 5.56 Å². The molecule has 0 spiro atoms. The maximum Gasteiger partial charge on any atom is 0.277 e. The molecule has 0 radical (unpaired) electrons. The van der Waals surface area contributed by atoms with Crippen molar-refractivity contribution in [1.29, 1.82) is 0 Å². The third-order valence-corrected chi connectivity index (χ3v) is 8.93. The molecule has 1 aliphatic heterocycles. The Morgan fingerprint density at radius 3 is 2.54 bits per heavy atom. The van der Waals surface area contributed by atoms with Crippen molar-refractivity contribution in [3.8, 4) is 17.1 Å². The third kappa shape index (κ3) is 5.32. The number of hydrogen-bond donors (Lipinski definition) is 1. The van der Waals surface area contributed by atoms with Gasteiger partial charge in [-0.3, -0.25) is 14.5 Å². The number of piperazine rings is 1. The number of methoxy groups -OCH3 is 1. The van der Waals surface area contributed by atoms with Crippen molar-refractivity contribution < 1.29 is 13.2 Å². The lowest BCUT2D eigenvalue weighted by atomic mass is 10.1. The van der Waals surface area contributed by atoms with Gasteiger partial charge in [0.1, 0.15) is 17.1 Å². The zero-order valence-corrected chi connectivity index (χ0v) is 23.2. The molecule has 1 fully saturated rings. The third-order valence-electron chi connectivity index (χ3n) is 7.03. The Hall–Kier alpha value is -3.61. The number of aromatic nitrogens is 5. The number of nitrogens with one attached hydrogen (secondary N) is 1. The van der Waals surface area contributed by atoms with Gasteiger partial charge < -0.3 is 14.6 Å². The maximum absolute atomic E-state index is 13.5. The average Bonchev–Trinajstić information content (AvgIpc) is 3.30. The number of pyridine rings is 1. The minimum atomic E-state index is -3.74. The van der Waals surface area contributed by atoms with Crippen molar-refractivity contribution in [3.63, 3.8) is 0 Å². The van der Waals surface area contributed by atoms with Crippen molar-refractivity contribution in [2.24, 2.45) is 0 Å². The first-order chi connectivity index (χ1) is 18.8. The summed E-state index contributed by atoms with van der Waals surface area (Å²) in [5, 5.41) is 4.70. The van der Waals surface area contributed by atoms with Crippen LogP contribution in [-0.2, 0) is 23.0 Å². The Bertz CT molecular complexity index is 1630. The van der Waals surface area contributed by atoms with Gasteiger partial charge in [0.2, 0.25) is 10.0 Å². The molecule has 0 aliphatic carbocycles. The summed E-state index contributed by atoms with van der Waals surface area (Å²) in [6.45, 7) is 7.55. The van der Waals surface area contributed by atoms with Gasteiger partial charge >= 0.3 is 0 Å². The highest BCUT2D eigenvalue weighted by Crippen LogP contribution is 2.32. The minimum Gasteiger partial charge on any atom is -0.496 e. The monoisotopic (exact) mass is 551 g/mol. The molecule has 0 bridgehead atoms. The number of nitrogens with zero attached hydrogens (tertiary/aromatic N) is 6. The van der Waals surface area contributed by atoms with Crippen LogP contribution in [0.3, 0.4) is 0 Å². The van der Waals surface area contributed by atoms with E-state index in [1.165, 1.54) is 23.5 Å². The first-order valence-corrected chi connectivity index (χ1v) is 14.6. The van der Waals surface area contributed by atoms with E-state index in [-0.39, 0.29) is 16.3 Å². The van der Waals surface area contributed by atoms with E-state index in [4.69, 9.17) is 14.8 Å². The highest BCUT2D eigenvalue weighted by atomic mass is 32.2. The van der Waals surface area contributed by atoms with Crippen LogP contribution in [0, 0.1) is 0 Å². The highest BCUT2D eigenvalue weighted by molar-refractivity contribution is 7.89. The Morgan fingerprint density at radius 2 is 1.87 bits per heavy atom. The van der Waals surface area contributed by atoms with E-state index < -0.39 is 10.0 Å². The number of fused-ring (bicyclic) bond motifs is 1. The van der Waals surface area contributed by atoms with E-state index in [2.05, 4.69) is 21.8 Å². The van der Waals surface area contributed by atoms with Crippen LogP contribution in [0.1, 0.15) is 31.7 Å². The summed E-state index contributed by atoms with van der Waals surface area (Å²) in [6.07, 6.45) is 3.16. The first-order valence-electron chi connectivity index (χ1n) is 13.2. The van der Waals surface area contributed by atoms with Crippen molar-refractivity contribution >= 4 is 21.1 Å². The SMILES string of the molecule is CCCc1nn(Cc2ccccn2)c2c(=O)[nH]c(-c3cc(S(=O)(=O)N4CCN(CC)CC4)ccc3OC)nc12. The molecule has 1 saturated heterocycles. The van der Waals surface area contributed by atoms with Crippen LogP contribution >= 0.6 is 0 Å². The maximum atomic E-state index is 13.5. The number of rotatable bonds is 9. The number of aromatic amines is 1. The van der Waals surface area contributed by atoms with Crippen LogP contribution in [0.5, 0.6) is 5.75 Å². The quantitative estimate of drug-likeness (QED) is 0.336. The van der Waals surface area contributed by atoms with Crippen LogP contribution in [0.15, 0.2) is 52.3 Å². The van der Waals surface area contributed by atoms with E-state index >= 15 is 0 Å². The van der Waals surface area contributed by atoms with Crippen LogP contribution in [0.2, 0.25) is 0 Å². The van der Waals surface area contributed by atoms with Crippen molar-refractivity contribution in [3.05, 3.63) is 64.3 Å². The molecule has 5 rings (SSSR count). The van der Waals surface area contributed by atoms with Crippen molar-refractivity contribution in [1.82, 2.24) is 33.9 Å². The lowest BCUT2D eigenvalue weighted by Gasteiger charge is -2.33. The second-order valence-electron chi connectivity index (χ2n) is 9.49. The van der Waals surface area contributed by atoms with E-state index in [0.717, 1.165) is 18.7 Å². The molecule has 0 unspecified atom stereocenters. The number of likely N-dealkylation sites (N-methyl/N-ethyl adjacent to an activating group) is 1. The number of ether oxygens (including phenoxy) is 1. The van der Waals surface area contributed by atoms with E-state index in [0.29, 0.717) is 67.2 Å². The fraction of sp³-hybridized carbons (Fsp3) is 0.407. The molecule has 39 heavy (non-hydrogen) atoms. The summed E-state index contributed by atoms with van der Waals surface area (Å²) in [7, 11) is -2.24. The standard InChI is InChI=1S/C27H33N7O4S/c1-4-8-22-24-25(34(31-22)18-19-9-6-7-12-28-19)27(35)30-26(29-24)21-17-20(10-11-23(21)38-3)39(36,37)33-15-13-32(5-2)14-16-33/h6-7,9-12,17H,4-5,8,13-16,18H2,1-3H3,(H,29,30,35). The predicted molar refractivity (Wildman–Crippen MR) is 148 cm³/mol. The molecule has 1 aliphatic rings. The van der Waals surface area contributed by atoms with Crippen LogP contribution < -0.4 is 10.3 Å². The lowest BCUT2D eigenvalue weighted by molar-refractivity contribution is 0.196. The summed E-state index contributed by atoms with van der Waals surface area (Å²) in [6, 6.07) is 10.3. The Labute approximate surface area is 227 Å².